The number of amides is 4. The van der Waals surface area contributed by atoms with E-state index in [-0.39, 0.29) is 12.5 Å². The summed E-state index contributed by atoms with van der Waals surface area (Å²) < 4.78 is 0. The van der Waals surface area contributed by atoms with Gasteiger partial charge in [-0.1, -0.05) is 55.5 Å². The first-order chi connectivity index (χ1) is 13.4. The number of primary amides is 1. The lowest BCUT2D eigenvalue weighted by molar-refractivity contribution is -0.127. The fourth-order valence-corrected chi connectivity index (χ4v) is 3.03. The summed E-state index contributed by atoms with van der Waals surface area (Å²) in [6.07, 6.45) is 0.727. The van der Waals surface area contributed by atoms with E-state index in [9.17, 15) is 14.4 Å². The zero-order valence-corrected chi connectivity index (χ0v) is 16.1. The summed E-state index contributed by atoms with van der Waals surface area (Å²) >= 11 is 0. The molecule has 148 valence electrons. The molecule has 0 aromatic heterocycles. The van der Waals surface area contributed by atoms with Gasteiger partial charge in [-0.2, -0.15) is 0 Å². The Labute approximate surface area is 164 Å². The summed E-state index contributed by atoms with van der Waals surface area (Å²) in [6, 6.07) is 14.8. The Morgan fingerprint density at radius 2 is 1.68 bits per heavy atom. The highest BCUT2D eigenvalue weighted by atomic mass is 16.2. The second-order valence-corrected chi connectivity index (χ2v) is 6.50. The second kappa shape index (κ2) is 10.2. The molecule has 0 aliphatic rings. The molecular formula is C21H26N4O3. The third-order valence-electron chi connectivity index (χ3n) is 4.25. The van der Waals surface area contributed by atoms with E-state index in [0.29, 0.717) is 12.1 Å². The van der Waals surface area contributed by atoms with Crippen molar-refractivity contribution in [2.24, 2.45) is 5.73 Å². The van der Waals surface area contributed by atoms with Crippen LogP contribution in [0, 0.1) is 6.92 Å². The summed E-state index contributed by atoms with van der Waals surface area (Å²) in [5.74, 6) is -0.800. The molecule has 1 unspecified atom stereocenters. The van der Waals surface area contributed by atoms with Crippen molar-refractivity contribution < 1.29 is 14.4 Å². The SMILES string of the molecule is CCCN(CC(=O)Nc1ccccc1C)C(C(=O)NC(N)=O)c1ccccc1. The van der Waals surface area contributed by atoms with Crippen molar-refractivity contribution in [3.05, 3.63) is 65.7 Å². The number of hydrogen-bond acceptors (Lipinski definition) is 4. The number of rotatable bonds is 8. The number of aryl methyl sites for hydroxylation is 1. The third kappa shape index (κ3) is 5.92. The Morgan fingerprint density at radius 3 is 2.29 bits per heavy atom. The van der Waals surface area contributed by atoms with Crippen LogP contribution in [0.2, 0.25) is 0 Å². The maximum absolute atomic E-state index is 12.7. The van der Waals surface area contributed by atoms with Crippen LogP contribution < -0.4 is 16.4 Å². The third-order valence-corrected chi connectivity index (χ3v) is 4.25. The highest BCUT2D eigenvalue weighted by molar-refractivity contribution is 5.98. The van der Waals surface area contributed by atoms with Gasteiger partial charge in [0.05, 0.1) is 6.54 Å². The van der Waals surface area contributed by atoms with Gasteiger partial charge in [0.15, 0.2) is 0 Å². The summed E-state index contributed by atoms with van der Waals surface area (Å²) in [5.41, 5.74) is 7.49. The molecule has 0 fully saturated rings. The molecule has 0 radical (unpaired) electrons. The van der Waals surface area contributed by atoms with Gasteiger partial charge in [0.25, 0.3) is 0 Å². The average molecular weight is 382 g/mol. The molecule has 7 nitrogen and oxygen atoms in total. The van der Waals surface area contributed by atoms with Crippen LogP contribution in [0.3, 0.4) is 0 Å². The lowest BCUT2D eigenvalue weighted by atomic mass is 10.0. The van der Waals surface area contributed by atoms with Crippen molar-refractivity contribution in [3.63, 3.8) is 0 Å². The highest BCUT2D eigenvalue weighted by Gasteiger charge is 2.29. The number of nitrogens with zero attached hydrogens (tertiary/aromatic N) is 1. The number of nitrogens with two attached hydrogens (primary N) is 1. The molecule has 2 rings (SSSR count). The predicted octanol–water partition coefficient (Wildman–Crippen LogP) is 2.58. The summed E-state index contributed by atoms with van der Waals surface area (Å²) in [5, 5.41) is 5.02. The number of carbonyl (C=O) groups excluding carboxylic acids is 3. The van der Waals surface area contributed by atoms with E-state index >= 15 is 0 Å². The van der Waals surface area contributed by atoms with E-state index in [0.717, 1.165) is 17.7 Å². The van der Waals surface area contributed by atoms with Crippen LogP contribution in [0.5, 0.6) is 0 Å². The molecule has 0 saturated heterocycles. The smallest absolute Gasteiger partial charge is 0.318 e. The molecule has 0 bridgehead atoms. The number of carbonyl (C=O) groups is 3. The van der Waals surface area contributed by atoms with Crippen molar-refractivity contribution in [2.45, 2.75) is 26.3 Å². The maximum atomic E-state index is 12.7. The van der Waals surface area contributed by atoms with Gasteiger partial charge in [-0.3, -0.25) is 19.8 Å². The van der Waals surface area contributed by atoms with Crippen LogP contribution in [0.15, 0.2) is 54.6 Å². The summed E-state index contributed by atoms with van der Waals surface area (Å²) in [4.78, 5) is 38.3. The van der Waals surface area contributed by atoms with Crippen LogP contribution in [0.25, 0.3) is 0 Å². The van der Waals surface area contributed by atoms with Crippen LogP contribution in [0.4, 0.5) is 10.5 Å². The number of hydrogen-bond donors (Lipinski definition) is 3. The Balaban J connectivity index is 2.25. The highest BCUT2D eigenvalue weighted by Crippen LogP contribution is 2.22. The molecule has 0 saturated carbocycles. The van der Waals surface area contributed by atoms with Gasteiger partial charge >= 0.3 is 6.03 Å². The predicted molar refractivity (Wildman–Crippen MR) is 109 cm³/mol. The van der Waals surface area contributed by atoms with Crippen molar-refractivity contribution in [3.8, 4) is 0 Å². The lowest BCUT2D eigenvalue weighted by Gasteiger charge is -2.30. The van der Waals surface area contributed by atoms with E-state index in [1.807, 2.05) is 44.2 Å². The van der Waals surface area contributed by atoms with Crippen molar-refractivity contribution in [2.75, 3.05) is 18.4 Å². The van der Waals surface area contributed by atoms with Gasteiger partial charge in [0.1, 0.15) is 6.04 Å². The van der Waals surface area contributed by atoms with Crippen molar-refractivity contribution in [1.29, 1.82) is 0 Å². The van der Waals surface area contributed by atoms with Gasteiger partial charge in [-0.05, 0) is 37.1 Å². The second-order valence-electron chi connectivity index (χ2n) is 6.50. The molecule has 2 aromatic rings. The Morgan fingerprint density at radius 1 is 1.04 bits per heavy atom. The Bertz CT molecular complexity index is 823. The van der Waals surface area contributed by atoms with Gasteiger partial charge in [-0.15, -0.1) is 0 Å². The number of benzene rings is 2. The van der Waals surface area contributed by atoms with Crippen LogP contribution in [-0.4, -0.2) is 35.8 Å². The van der Waals surface area contributed by atoms with E-state index in [1.54, 1.807) is 29.2 Å². The first kappa shape index (κ1) is 21.1. The minimum Gasteiger partial charge on any atom is -0.351 e. The van der Waals surface area contributed by atoms with Gasteiger partial charge in [-0.25, -0.2) is 4.79 Å². The molecule has 0 aliphatic carbocycles. The van der Waals surface area contributed by atoms with Gasteiger partial charge in [0.2, 0.25) is 11.8 Å². The van der Waals surface area contributed by atoms with Crippen molar-refractivity contribution in [1.82, 2.24) is 10.2 Å². The standard InChI is InChI=1S/C21H26N4O3/c1-3-13-25(14-18(26)23-17-12-8-7-9-15(17)2)19(20(27)24-21(22)28)16-10-5-4-6-11-16/h4-12,19H,3,13-14H2,1-2H3,(H,23,26)(H3,22,24,27,28). The number of nitrogens with one attached hydrogen (secondary N) is 2. The number of urea groups is 1. The first-order valence-electron chi connectivity index (χ1n) is 9.17. The van der Waals surface area contributed by atoms with Crippen LogP contribution in [0.1, 0.15) is 30.5 Å². The zero-order valence-electron chi connectivity index (χ0n) is 16.1. The Hall–Kier alpha value is -3.19. The topological polar surface area (TPSA) is 105 Å². The number of imide groups is 1. The van der Waals surface area contributed by atoms with Crippen molar-refractivity contribution >= 4 is 23.5 Å². The van der Waals surface area contributed by atoms with Gasteiger partial charge in [0, 0.05) is 5.69 Å². The molecule has 4 N–H and O–H groups in total. The lowest BCUT2D eigenvalue weighted by Crippen LogP contribution is -2.47. The van der Waals surface area contributed by atoms with Crippen LogP contribution >= 0.6 is 0 Å². The monoisotopic (exact) mass is 382 g/mol. The summed E-state index contributed by atoms with van der Waals surface area (Å²) in [6.45, 7) is 4.35. The molecule has 0 spiro atoms. The molecule has 1 atom stereocenters. The van der Waals surface area contributed by atoms with Crippen LogP contribution in [-0.2, 0) is 9.59 Å². The molecule has 4 amide bonds. The van der Waals surface area contributed by atoms with Gasteiger partial charge < -0.3 is 11.1 Å². The molecule has 28 heavy (non-hydrogen) atoms. The minimum atomic E-state index is -0.924. The molecule has 0 heterocycles. The average Bonchev–Trinajstić information content (AvgIpc) is 2.64. The number of para-hydroxylation sites is 1. The van der Waals surface area contributed by atoms with E-state index in [1.165, 1.54) is 0 Å². The summed E-state index contributed by atoms with van der Waals surface area (Å²) in [7, 11) is 0. The Kier molecular flexibility index (Phi) is 7.71. The quantitative estimate of drug-likeness (QED) is 0.653. The fourth-order valence-electron chi connectivity index (χ4n) is 3.03. The normalized spacial score (nSPS) is 11.7. The number of anilines is 1. The molecule has 7 heteroatoms. The fraction of sp³-hybridized carbons (Fsp3) is 0.286. The van der Waals surface area contributed by atoms with E-state index in [2.05, 4.69) is 10.6 Å². The van der Waals surface area contributed by atoms with E-state index in [4.69, 9.17) is 5.73 Å². The first-order valence-corrected chi connectivity index (χ1v) is 9.17. The molecule has 0 aliphatic heterocycles. The van der Waals surface area contributed by atoms with E-state index < -0.39 is 18.0 Å². The minimum absolute atomic E-state index is 0.00603. The molecule has 2 aromatic carbocycles. The largest absolute Gasteiger partial charge is 0.351 e. The molecular weight excluding hydrogens is 356 g/mol. The zero-order chi connectivity index (χ0) is 20.5. The maximum Gasteiger partial charge on any atom is 0.318 e.